The first kappa shape index (κ1) is 15.3. The van der Waals surface area contributed by atoms with Crippen molar-refractivity contribution in [2.24, 2.45) is 0 Å². The molecule has 0 aromatic heterocycles. The summed E-state index contributed by atoms with van der Waals surface area (Å²) in [5.41, 5.74) is 0. The van der Waals surface area contributed by atoms with Gasteiger partial charge in [-0.15, -0.1) is 0 Å². The number of hydrogen-bond donors (Lipinski definition) is 2. The van der Waals surface area contributed by atoms with Crippen molar-refractivity contribution < 1.29 is 14.0 Å². The minimum atomic E-state index is -2.59. The van der Waals surface area contributed by atoms with Gasteiger partial charge in [0.25, 0.3) is 0 Å². The Morgan fingerprint density at radius 3 is 1.73 bits per heavy atom. The highest BCUT2D eigenvalue weighted by Gasteiger charge is 2.48. The van der Waals surface area contributed by atoms with E-state index >= 15 is 0 Å². The monoisotopic (exact) mass is 250 g/mol. The van der Waals surface area contributed by atoms with Crippen molar-refractivity contribution in [1.82, 2.24) is 0 Å². The van der Waals surface area contributed by atoms with Crippen molar-refractivity contribution in [1.29, 1.82) is 0 Å². The fourth-order valence-corrected chi connectivity index (χ4v) is 6.72. The molecule has 1 atom stereocenters. The third kappa shape index (κ3) is 4.36. The van der Waals surface area contributed by atoms with Crippen LogP contribution < -0.4 is 0 Å². The van der Waals surface area contributed by atoms with Crippen LogP contribution in [0.3, 0.4) is 0 Å². The molecule has 0 saturated carbocycles. The first-order valence-electron chi connectivity index (χ1n) is 5.73. The summed E-state index contributed by atoms with van der Waals surface area (Å²) in [7, 11) is -5.00. The van der Waals surface area contributed by atoms with E-state index in [1.165, 1.54) is 0 Å². The fraction of sp³-hybridized carbons (Fsp3) is 1.00. The van der Waals surface area contributed by atoms with Gasteiger partial charge in [0.15, 0.2) is 0 Å². The Balaban J connectivity index is 4.99. The smallest absolute Gasteiger partial charge is 0.329 e. The maximum absolute atomic E-state index is 10.3. The third-order valence-corrected chi connectivity index (χ3v) is 6.82. The topological polar surface area (TPSA) is 49.7 Å². The molecule has 0 aromatic rings. The van der Waals surface area contributed by atoms with Gasteiger partial charge in [-0.05, 0) is 39.0 Å². The molecule has 0 spiro atoms. The molecule has 0 aliphatic carbocycles. The van der Waals surface area contributed by atoms with Gasteiger partial charge >= 0.3 is 8.56 Å². The highest BCUT2D eigenvalue weighted by Crippen LogP contribution is 2.33. The number of rotatable bonds is 6. The Labute approximate surface area is 95.9 Å². The summed E-state index contributed by atoms with van der Waals surface area (Å²) in [6.45, 7) is 11.4. The molecule has 0 rings (SSSR count). The maximum atomic E-state index is 10.3. The molecule has 0 aliphatic heterocycles. The summed E-state index contributed by atoms with van der Waals surface area (Å²) in [4.78, 5) is 20.2. The summed E-state index contributed by atoms with van der Waals surface area (Å²) in [5, 5.41) is -0.480. The van der Waals surface area contributed by atoms with Crippen LogP contribution in [0.15, 0.2) is 0 Å². The standard InChI is InChI=1S/C10H26O3Si2/c1-7-9-10(8-2,14(3,4)11)13-15(5,6)12/h11-12H,7-9H2,1-6H3. The normalized spacial score (nSPS) is 17.6. The van der Waals surface area contributed by atoms with Gasteiger partial charge in [0.2, 0.25) is 8.32 Å². The van der Waals surface area contributed by atoms with E-state index in [0.29, 0.717) is 0 Å². The maximum Gasteiger partial charge on any atom is 0.329 e. The van der Waals surface area contributed by atoms with Crippen LogP contribution in [-0.4, -0.2) is 31.7 Å². The highest BCUT2D eigenvalue weighted by atomic mass is 28.4. The molecule has 0 saturated heterocycles. The van der Waals surface area contributed by atoms with E-state index in [1.54, 1.807) is 13.1 Å². The van der Waals surface area contributed by atoms with Gasteiger partial charge in [0.1, 0.15) is 0 Å². The molecule has 5 heteroatoms. The predicted molar refractivity (Wildman–Crippen MR) is 68.4 cm³/mol. The Morgan fingerprint density at radius 2 is 1.53 bits per heavy atom. The van der Waals surface area contributed by atoms with Crippen LogP contribution in [0.5, 0.6) is 0 Å². The molecule has 0 fully saturated rings. The van der Waals surface area contributed by atoms with Gasteiger partial charge in [0.05, 0.1) is 5.22 Å². The molecule has 0 aliphatic rings. The lowest BCUT2D eigenvalue weighted by Gasteiger charge is -2.44. The molecule has 1 unspecified atom stereocenters. The minimum Gasteiger partial charge on any atom is -0.429 e. The van der Waals surface area contributed by atoms with Gasteiger partial charge in [-0.3, -0.25) is 0 Å². The largest absolute Gasteiger partial charge is 0.429 e. The van der Waals surface area contributed by atoms with Crippen LogP contribution in [0.1, 0.15) is 33.1 Å². The van der Waals surface area contributed by atoms with Gasteiger partial charge in [-0.1, -0.05) is 20.3 Å². The summed E-state index contributed by atoms with van der Waals surface area (Å²) in [6.07, 6.45) is 2.57. The second-order valence-corrected chi connectivity index (χ2v) is 12.3. The van der Waals surface area contributed by atoms with Gasteiger partial charge in [0, 0.05) is 0 Å². The second-order valence-electron chi connectivity index (χ2n) is 5.21. The Kier molecular flexibility index (Phi) is 5.20. The second kappa shape index (κ2) is 5.10. The molecular formula is C10H26O3Si2. The molecule has 0 bridgehead atoms. The molecule has 0 heterocycles. The average Bonchev–Trinajstić information content (AvgIpc) is 1.98. The van der Waals surface area contributed by atoms with Gasteiger partial charge < -0.3 is 14.0 Å². The van der Waals surface area contributed by atoms with Gasteiger partial charge in [-0.25, -0.2) is 0 Å². The highest BCUT2D eigenvalue weighted by molar-refractivity contribution is 6.74. The summed E-state index contributed by atoms with van der Waals surface area (Å²) < 4.78 is 5.89. The lowest BCUT2D eigenvalue weighted by molar-refractivity contribution is 0.0748. The molecule has 0 radical (unpaired) electrons. The van der Waals surface area contributed by atoms with E-state index in [4.69, 9.17) is 4.43 Å². The molecule has 92 valence electrons. The van der Waals surface area contributed by atoms with E-state index in [2.05, 4.69) is 6.92 Å². The van der Waals surface area contributed by atoms with Crippen molar-refractivity contribution in [3.05, 3.63) is 0 Å². The van der Waals surface area contributed by atoms with Crippen LogP contribution in [0.2, 0.25) is 26.2 Å². The Hall–Kier alpha value is 0.314. The van der Waals surface area contributed by atoms with E-state index in [1.807, 2.05) is 20.0 Å². The SMILES string of the molecule is CCCC(CC)(O[Si](C)(C)O)[Si](C)(C)O. The van der Waals surface area contributed by atoms with Crippen LogP contribution in [-0.2, 0) is 4.43 Å². The van der Waals surface area contributed by atoms with E-state index in [-0.39, 0.29) is 0 Å². The molecule has 2 N–H and O–H groups in total. The van der Waals surface area contributed by atoms with Crippen molar-refractivity contribution in [3.8, 4) is 0 Å². The van der Waals surface area contributed by atoms with E-state index < -0.39 is 22.1 Å². The first-order chi connectivity index (χ1) is 6.58. The third-order valence-electron chi connectivity index (χ3n) is 2.79. The average molecular weight is 250 g/mol. The van der Waals surface area contributed by atoms with Crippen LogP contribution in [0, 0.1) is 0 Å². The van der Waals surface area contributed by atoms with Crippen molar-refractivity contribution >= 4 is 16.9 Å². The zero-order chi connectivity index (χ0) is 12.3. The summed E-state index contributed by atoms with van der Waals surface area (Å²) in [6, 6.07) is 0. The number of hydrogen-bond acceptors (Lipinski definition) is 3. The summed E-state index contributed by atoms with van der Waals surface area (Å²) >= 11 is 0. The van der Waals surface area contributed by atoms with E-state index in [0.717, 1.165) is 19.3 Å². The van der Waals surface area contributed by atoms with Crippen LogP contribution >= 0.6 is 0 Å². The lowest BCUT2D eigenvalue weighted by Crippen LogP contribution is -2.60. The Bertz CT molecular complexity index is 196. The Morgan fingerprint density at radius 1 is 1.07 bits per heavy atom. The van der Waals surface area contributed by atoms with Crippen LogP contribution in [0.4, 0.5) is 0 Å². The lowest BCUT2D eigenvalue weighted by atomic mass is 10.1. The van der Waals surface area contributed by atoms with Crippen molar-refractivity contribution in [2.45, 2.75) is 64.5 Å². The fourth-order valence-electron chi connectivity index (χ4n) is 2.05. The molecule has 3 nitrogen and oxygen atoms in total. The molecular weight excluding hydrogens is 224 g/mol. The molecule has 15 heavy (non-hydrogen) atoms. The molecule has 0 aromatic carbocycles. The zero-order valence-electron chi connectivity index (χ0n) is 10.9. The first-order valence-corrected chi connectivity index (χ1v) is 11.5. The predicted octanol–water partition coefficient (Wildman–Crippen LogP) is 2.38. The zero-order valence-corrected chi connectivity index (χ0v) is 12.9. The van der Waals surface area contributed by atoms with Crippen molar-refractivity contribution in [3.63, 3.8) is 0 Å². The summed E-state index contributed by atoms with van der Waals surface area (Å²) in [5.74, 6) is 0. The minimum absolute atomic E-state index is 0.480. The quantitative estimate of drug-likeness (QED) is 0.712. The molecule has 0 amide bonds. The van der Waals surface area contributed by atoms with E-state index in [9.17, 15) is 9.59 Å². The van der Waals surface area contributed by atoms with Crippen molar-refractivity contribution in [2.75, 3.05) is 0 Å². The van der Waals surface area contributed by atoms with Gasteiger partial charge in [-0.2, -0.15) is 0 Å². The van der Waals surface area contributed by atoms with Crippen LogP contribution in [0.25, 0.3) is 0 Å².